The van der Waals surface area contributed by atoms with Crippen LogP contribution in [0.2, 0.25) is 0 Å². The minimum absolute atomic E-state index is 0.860. The van der Waals surface area contributed by atoms with E-state index in [0.717, 1.165) is 116 Å². The largest absolute Gasteiger partial charge is 0.455 e. The van der Waals surface area contributed by atoms with Crippen LogP contribution in [-0.4, -0.2) is 9.13 Å². The fourth-order valence-corrected chi connectivity index (χ4v) is 12.2. The third kappa shape index (κ3) is 6.51. The van der Waals surface area contributed by atoms with Gasteiger partial charge in [0, 0.05) is 71.2 Å². The Balaban J connectivity index is 0.977. The van der Waals surface area contributed by atoms with Crippen LogP contribution in [0.1, 0.15) is 0 Å². The van der Waals surface area contributed by atoms with Gasteiger partial charge in [-0.3, -0.25) is 0 Å². The summed E-state index contributed by atoms with van der Waals surface area (Å²) in [6, 6.07) is 96.6. The Labute approximate surface area is 437 Å². The van der Waals surface area contributed by atoms with Crippen molar-refractivity contribution in [3.63, 3.8) is 0 Å². The molecular weight excluding hydrogens is 925 g/mol. The highest BCUT2D eigenvalue weighted by Gasteiger charge is 2.24. The highest BCUT2D eigenvalue weighted by molar-refractivity contribution is 6.20. The molecule has 0 bridgehead atoms. The number of hydrogen-bond acceptors (Lipinski definition) is 2. The number of rotatable bonds is 7. The maximum absolute atomic E-state index is 6.91. The van der Waals surface area contributed by atoms with Crippen molar-refractivity contribution < 1.29 is 8.83 Å². The van der Waals surface area contributed by atoms with E-state index in [1.165, 1.54) is 38.5 Å². The first-order valence-corrected chi connectivity index (χ1v) is 26.0. The number of para-hydroxylation sites is 5. The molecule has 0 amide bonds. The van der Waals surface area contributed by atoms with Crippen LogP contribution in [-0.2, 0) is 0 Å². The highest BCUT2D eigenvalue weighted by atomic mass is 16.3. The van der Waals surface area contributed by atoms with Gasteiger partial charge in [0.15, 0.2) is 0 Å². The van der Waals surface area contributed by atoms with Gasteiger partial charge in [-0.2, -0.15) is 0 Å². The van der Waals surface area contributed by atoms with Gasteiger partial charge in [-0.05, 0) is 118 Å². The van der Waals surface area contributed by atoms with Crippen LogP contribution >= 0.6 is 0 Å². The minimum Gasteiger partial charge on any atom is -0.455 e. The molecule has 0 atom stereocenters. The lowest BCUT2D eigenvalue weighted by molar-refractivity contribution is 0.670. The molecule has 76 heavy (non-hydrogen) atoms. The summed E-state index contributed by atoms with van der Waals surface area (Å²) in [5.74, 6) is 0. The molecule has 0 saturated heterocycles. The van der Waals surface area contributed by atoms with Gasteiger partial charge < -0.3 is 18.0 Å². The van der Waals surface area contributed by atoms with E-state index >= 15 is 0 Å². The van der Waals surface area contributed by atoms with E-state index in [2.05, 4.69) is 264 Å². The van der Waals surface area contributed by atoms with E-state index in [1.54, 1.807) is 0 Å². The van der Waals surface area contributed by atoms with Crippen molar-refractivity contribution in [1.82, 2.24) is 9.13 Å². The summed E-state index contributed by atoms with van der Waals surface area (Å²) in [4.78, 5) is 0. The second-order valence-corrected chi connectivity index (χ2v) is 20.0. The zero-order valence-corrected chi connectivity index (χ0v) is 41.1. The Morgan fingerprint density at radius 2 is 0.658 bits per heavy atom. The van der Waals surface area contributed by atoms with Crippen molar-refractivity contribution in [2.24, 2.45) is 0 Å². The Kier molecular flexibility index (Phi) is 9.30. The number of furan rings is 2. The third-order valence-corrected chi connectivity index (χ3v) is 15.7. The van der Waals surface area contributed by atoms with Crippen molar-refractivity contribution in [3.05, 3.63) is 267 Å². The number of aromatic nitrogens is 2. The Morgan fingerprint density at radius 3 is 1.29 bits per heavy atom. The van der Waals surface area contributed by atoms with E-state index in [4.69, 9.17) is 8.83 Å². The van der Waals surface area contributed by atoms with E-state index < -0.39 is 0 Å². The molecule has 0 aliphatic heterocycles. The molecule has 0 N–H and O–H groups in total. The normalized spacial score (nSPS) is 11.9. The summed E-state index contributed by atoms with van der Waals surface area (Å²) >= 11 is 0. The molecule has 0 saturated carbocycles. The lowest BCUT2D eigenvalue weighted by Crippen LogP contribution is -1.97. The van der Waals surface area contributed by atoms with E-state index in [9.17, 15) is 0 Å². The minimum atomic E-state index is 0.860. The second kappa shape index (κ2) is 16.7. The van der Waals surface area contributed by atoms with Gasteiger partial charge in [-0.1, -0.05) is 188 Å². The zero-order chi connectivity index (χ0) is 49.8. The van der Waals surface area contributed by atoms with Gasteiger partial charge >= 0.3 is 0 Å². The van der Waals surface area contributed by atoms with Crippen LogP contribution in [0.5, 0.6) is 0 Å². The third-order valence-electron chi connectivity index (χ3n) is 15.7. The molecule has 4 heterocycles. The first kappa shape index (κ1) is 42.4. The van der Waals surface area contributed by atoms with Crippen molar-refractivity contribution in [1.29, 1.82) is 0 Å². The summed E-state index contributed by atoms with van der Waals surface area (Å²) in [7, 11) is 0. The van der Waals surface area contributed by atoms with Crippen LogP contribution in [0.25, 0.3) is 154 Å². The average molecular weight is 969 g/mol. The summed E-state index contributed by atoms with van der Waals surface area (Å²) in [5, 5.41) is 9.09. The fraction of sp³-hybridized carbons (Fsp3) is 0. The van der Waals surface area contributed by atoms with E-state index in [-0.39, 0.29) is 0 Å². The molecule has 16 aromatic rings. The van der Waals surface area contributed by atoms with Crippen molar-refractivity contribution in [2.75, 3.05) is 0 Å². The van der Waals surface area contributed by atoms with E-state index in [0.29, 0.717) is 0 Å². The first-order chi connectivity index (χ1) is 37.7. The topological polar surface area (TPSA) is 36.1 Å². The lowest BCUT2D eigenvalue weighted by Gasteiger charge is -2.15. The Morgan fingerprint density at radius 1 is 0.224 bits per heavy atom. The van der Waals surface area contributed by atoms with Gasteiger partial charge in [0.1, 0.15) is 22.3 Å². The molecule has 4 aromatic heterocycles. The summed E-state index contributed by atoms with van der Waals surface area (Å²) in [5.41, 5.74) is 21.4. The van der Waals surface area contributed by atoms with E-state index in [1.807, 2.05) is 12.1 Å². The summed E-state index contributed by atoms with van der Waals surface area (Å²) in [6.45, 7) is 0. The Hall–Kier alpha value is -10.2. The predicted octanol–water partition coefficient (Wildman–Crippen LogP) is 20.0. The monoisotopic (exact) mass is 968 g/mol. The van der Waals surface area contributed by atoms with Gasteiger partial charge in [-0.15, -0.1) is 0 Å². The van der Waals surface area contributed by atoms with Gasteiger partial charge in [0.05, 0.1) is 22.1 Å². The number of hydrogen-bond donors (Lipinski definition) is 0. The molecule has 354 valence electrons. The standard InChI is InChI=1S/C72H44N2O2/c1-3-17-45(18-4-1)47-21-13-23-52(39-47)73-65-32-10-7-25-55(65)61-41-49(35-37-66(61)73)50-36-38-67-62(42-50)64-44-51(54-28-15-29-58-56-26-8-11-33-68(56)75-71(54)58)43-63(60-31-16-30-59-57-27-9-12-34-69(57)76-72(59)60)70(64)74(67)53-24-14-22-48(40-53)46-19-5-2-6-20-46/h1-44H. The van der Waals surface area contributed by atoms with Gasteiger partial charge in [0.25, 0.3) is 0 Å². The number of fused-ring (bicyclic) bond motifs is 12. The molecule has 12 aromatic carbocycles. The van der Waals surface area contributed by atoms with Crippen LogP contribution in [0.4, 0.5) is 0 Å². The average Bonchev–Trinajstić information content (AvgIpc) is 4.34. The molecule has 0 aliphatic carbocycles. The SMILES string of the molecule is c1ccc(-c2cccc(-n3c4ccccc4c4cc(-c5ccc6c(c5)c5cc(-c7cccc8c7oc7ccccc78)cc(-c7cccc8c7oc7ccccc78)c5n6-c5cccc(-c6ccccc6)c5)ccc43)c2)cc1. The van der Waals surface area contributed by atoms with Crippen molar-refractivity contribution in [3.8, 4) is 67.0 Å². The van der Waals surface area contributed by atoms with Crippen molar-refractivity contribution in [2.45, 2.75) is 0 Å². The maximum atomic E-state index is 6.91. The molecule has 16 rings (SSSR count). The number of benzene rings is 12. The van der Waals surface area contributed by atoms with Crippen LogP contribution in [0, 0.1) is 0 Å². The van der Waals surface area contributed by atoms with Crippen LogP contribution in [0.15, 0.2) is 276 Å². The predicted molar refractivity (Wildman–Crippen MR) is 317 cm³/mol. The number of nitrogens with zero attached hydrogens (tertiary/aromatic N) is 2. The molecule has 4 heteroatoms. The summed E-state index contributed by atoms with van der Waals surface area (Å²) in [6.07, 6.45) is 0. The summed E-state index contributed by atoms with van der Waals surface area (Å²) < 4.78 is 18.6. The zero-order valence-electron chi connectivity index (χ0n) is 41.1. The molecule has 0 aliphatic rings. The molecule has 0 unspecified atom stereocenters. The molecule has 4 nitrogen and oxygen atoms in total. The molecular formula is C72H44N2O2. The molecule has 0 spiro atoms. The van der Waals surface area contributed by atoms with Crippen molar-refractivity contribution >= 4 is 87.5 Å². The lowest BCUT2D eigenvalue weighted by atomic mass is 9.93. The fourth-order valence-electron chi connectivity index (χ4n) is 12.2. The quantitative estimate of drug-likeness (QED) is 0.160. The van der Waals surface area contributed by atoms with Crippen LogP contribution < -0.4 is 0 Å². The van der Waals surface area contributed by atoms with Gasteiger partial charge in [0.2, 0.25) is 0 Å². The second-order valence-electron chi connectivity index (χ2n) is 20.0. The first-order valence-electron chi connectivity index (χ1n) is 26.0. The highest BCUT2D eigenvalue weighted by Crippen LogP contribution is 2.47. The Bertz CT molecular complexity index is 4990. The molecule has 0 fully saturated rings. The van der Waals surface area contributed by atoms with Gasteiger partial charge in [-0.25, -0.2) is 0 Å². The smallest absolute Gasteiger partial charge is 0.143 e. The maximum Gasteiger partial charge on any atom is 0.143 e. The van der Waals surface area contributed by atoms with Crippen LogP contribution in [0.3, 0.4) is 0 Å². The molecule has 0 radical (unpaired) electrons.